The zero-order valence-electron chi connectivity index (χ0n) is 20.0. The summed E-state index contributed by atoms with van der Waals surface area (Å²) >= 11 is 12.3. The molecule has 2 aromatic rings. The molecule has 0 heterocycles. The Kier molecular flexibility index (Phi) is 9.79. The van der Waals surface area contributed by atoms with Gasteiger partial charge < -0.3 is 10.2 Å². The Labute approximate surface area is 212 Å². The van der Waals surface area contributed by atoms with E-state index in [1.54, 1.807) is 56.3 Å². The maximum atomic E-state index is 13.5. The van der Waals surface area contributed by atoms with Gasteiger partial charge in [-0.05, 0) is 55.2 Å². The summed E-state index contributed by atoms with van der Waals surface area (Å²) in [5, 5.41) is 3.74. The third-order valence-electron chi connectivity index (χ3n) is 5.26. The molecular weight excluding hydrogens is 497 g/mol. The summed E-state index contributed by atoms with van der Waals surface area (Å²) in [4.78, 5) is 27.7. The van der Waals surface area contributed by atoms with Crippen LogP contribution < -0.4 is 9.62 Å². The number of carbonyl (C=O) groups is 2. The maximum absolute atomic E-state index is 13.5. The van der Waals surface area contributed by atoms with Crippen molar-refractivity contribution in [3.8, 4) is 0 Å². The number of nitrogens with zero attached hydrogens (tertiary/aromatic N) is 2. The molecule has 0 aliphatic heterocycles. The van der Waals surface area contributed by atoms with Crippen LogP contribution in [0.2, 0.25) is 10.0 Å². The molecule has 0 bridgehead atoms. The van der Waals surface area contributed by atoms with Crippen LogP contribution in [0.3, 0.4) is 0 Å². The smallest absolute Gasteiger partial charge is 0.244 e. The molecule has 0 saturated carbocycles. The fourth-order valence-electron chi connectivity index (χ4n) is 3.34. The van der Waals surface area contributed by atoms with Crippen molar-refractivity contribution in [2.24, 2.45) is 5.92 Å². The highest BCUT2D eigenvalue weighted by atomic mass is 35.5. The predicted octanol–water partition coefficient (Wildman–Crippen LogP) is 4.26. The minimum atomic E-state index is -3.81. The molecule has 10 heteroatoms. The monoisotopic (exact) mass is 527 g/mol. The molecule has 0 aliphatic carbocycles. The summed E-state index contributed by atoms with van der Waals surface area (Å²) in [5.74, 6) is -0.632. The van der Waals surface area contributed by atoms with Gasteiger partial charge in [-0.25, -0.2) is 8.42 Å². The van der Waals surface area contributed by atoms with Gasteiger partial charge in [-0.2, -0.15) is 0 Å². The van der Waals surface area contributed by atoms with E-state index >= 15 is 0 Å². The van der Waals surface area contributed by atoms with Crippen molar-refractivity contribution in [2.45, 2.75) is 40.3 Å². The van der Waals surface area contributed by atoms with Gasteiger partial charge in [-0.1, -0.05) is 55.2 Å². The van der Waals surface area contributed by atoms with E-state index in [0.29, 0.717) is 33.4 Å². The van der Waals surface area contributed by atoms with Crippen molar-refractivity contribution < 1.29 is 18.0 Å². The van der Waals surface area contributed by atoms with Crippen LogP contribution in [-0.2, 0) is 26.2 Å². The van der Waals surface area contributed by atoms with Gasteiger partial charge in [-0.15, -0.1) is 0 Å². The quantitative estimate of drug-likeness (QED) is 0.500. The molecule has 2 amide bonds. The first-order chi connectivity index (χ1) is 15.8. The molecule has 0 aromatic heterocycles. The highest BCUT2D eigenvalue weighted by molar-refractivity contribution is 7.92. The second-order valence-corrected chi connectivity index (χ2v) is 11.4. The predicted molar refractivity (Wildman–Crippen MR) is 138 cm³/mol. The van der Waals surface area contributed by atoms with Gasteiger partial charge in [0.05, 0.1) is 11.9 Å². The zero-order valence-corrected chi connectivity index (χ0v) is 22.3. The van der Waals surface area contributed by atoms with Crippen LogP contribution in [0.5, 0.6) is 0 Å². The first-order valence-electron chi connectivity index (χ1n) is 10.9. The van der Waals surface area contributed by atoms with Gasteiger partial charge in [0.25, 0.3) is 0 Å². The third-order valence-corrected chi connectivity index (χ3v) is 6.99. The van der Waals surface area contributed by atoms with Gasteiger partial charge in [0, 0.05) is 23.1 Å². The molecule has 0 saturated heterocycles. The van der Waals surface area contributed by atoms with E-state index in [4.69, 9.17) is 23.2 Å². The molecule has 34 heavy (non-hydrogen) atoms. The lowest BCUT2D eigenvalue weighted by Crippen LogP contribution is -2.51. The van der Waals surface area contributed by atoms with E-state index < -0.39 is 28.5 Å². The molecule has 2 rings (SSSR count). The summed E-state index contributed by atoms with van der Waals surface area (Å²) in [7, 11) is -3.81. The summed E-state index contributed by atoms with van der Waals surface area (Å²) in [5.41, 5.74) is 1.59. The fraction of sp³-hybridized carbons (Fsp3) is 0.417. The number of benzene rings is 2. The Bertz CT molecular complexity index is 1140. The van der Waals surface area contributed by atoms with E-state index in [2.05, 4.69) is 5.32 Å². The van der Waals surface area contributed by atoms with Crippen molar-refractivity contribution >= 4 is 50.7 Å². The molecule has 0 radical (unpaired) electrons. The number of hydrogen-bond acceptors (Lipinski definition) is 4. The first kappa shape index (κ1) is 28.0. The van der Waals surface area contributed by atoms with E-state index in [9.17, 15) is 18.0 Å². The minimum absolute atomic E-state index is 0.0476. The number of halogens is 2. The largest absolute Gasteiger partial charge is 0.354 e. The van der Waals surface area contributed by atoms with Gasteiger partial charge in [0.1, 0.15) is 12.6 Å². The maximum Gasteiger partial charge on any atom is 0.244 e. The number of anilines is 1. The van der Waals surface area contributed by atoms with Crippen molar-refractivity contribution in [3.05, 3.63) is 63.6 Å². The Morgan fingerprint density at radius 2 is 1.71 bits per heavy atom. The van der Waals surface area contributed by atoms with Crippen LogP contribution in [0.1, 0.15) is 31.9 Å². The average molecular weight is 529 g/mol. The molecule has 1 N–H and O–H groups in total. The molecule has 0 aliphatic rings. The molecule has 0 spiro atoms. The van der Waals surface area contributed by atoms with Crippen LogP contribution >= 0.6 is 23.2 Å². The van der Waals surface area contributed by atoms with E-state index in [0.717, 1.165) is 10.6 Å². The van der Waals surface area contributed by atoms with Crippen LogP contribution in [0.4, 0.5) is 5.69 Å². The van der Waals surface area contributed by atoms with E-state index in [1.165, 1.54) is 4.90 Å². The normalized spacial score (nSPS) is 12.4. The van der Waals surface area contributed by atoms with Gasteiger partial charge >= 0.3 is 0 Å². The number of aryl methyl sites for hydroxylation is 1. The molecule has 0 fully saturated rings. The zero-order chi connectivity index (χ0) is 25.6. The molecular formula is C24H31Cl2N3O4S. The SMILES string of the molecule is Cc1cc(Cl)ccc1N(CC(=O)N(Cc1ccccc1Cl)[C@H](C)C(=O)NCC(C)C)S(C)(=O)=O. The van der Waals surface area contributed by atoms with Gasteiger partial charge in [-0.3, -0.25) is 13.9 Å². The summed E-state index contributed by atoms with van der Waals surface area (Å²) in [6.07, 6.45) is 1.03. The van der Waals surface area contributed by atoms with E-state index in [-0.39, 0.29) is 18.4 Å². The highest BCUT2D eigenvalue weighted by Crippen LogP contribution is 2.26. The molecule has 1 atom stereocenters. The Hall–Kier alpha value is -2.29. The number of sulfonamides is 1. The lowest BCUT2D eigenvalue weighted by molar-refractivity contribution is -0.139. The van der Waals surface area contributed by atoms with Crippen molar-refractivity contribution in [1.82, 2.24) is 10.2 Å². The van der Waals surface area contributed by atoms with Crippen molar-refractivity contribution in [2.75, 3.05) is 23.7 Å². The van der Waals surface area contributed by atoms with Crippen LogP contribution in [0.25, 0.3) is 0 Å². The summed E-state index contributed by atoms with van der Waals surface area (Å²) in [6, 6.07) is 10.9. The Morgan fingerprint density at radius 3 is 2.26 bits per heavy atom. The number of carbonyl (C=O) groups excluding carboxylic acids is 2. The standard InChI is InChI=1S/C24H31Cl2N3O4S/c1-16(2)13-27-24(31)18(4)28(14-19-8-6-7-9-21(19)26)23(30)15-29(34(5,32)33)22-11-10-20(25)12-17(22)3/h6-12,16,18H,13-15H2,1-5H3,(H,27,31)/t18-/m1/s1. The van der Waals surface area contributed by atoms with Gasteiger partial charge in [0.15, 0.2) is 0 Å². The number of amides is 2. The third kappa shape index (κ3) is 7.61. The van der Waals surface area contributed by atoms with Crippen LogP contribution in [-0.4, -0.2) is 50.5 Å². The van der Waals surface area contributed by atoms with Crippen molar-refractivity contribution in [3.63, 3.8) is 0 Å². The van der Waals surface area contributed by atoms with Crippen LogP contribution in [0, 0.1) is 12.8 Å². The first-order valence-corrected chi connectivity index (χ1v) is 13.5. The number of nitrogens with one attached hydrogen (secondary N) is 1. The number of rotatable bonds is 10. The van der Waals surface area contributed by atoms with Gasteiger partial charge in [0.2, 0.25) is 21.8 Å². The Morgan fingerprint density at radius 1 is 1.06 bits per heavy atom. The summed E-state index contributed by atoms with van der Waals surface area (Å²) < 4.78 is 26.3. The highest BCUT2D eigenvalue weighted by Gasteiger charge is 2.31. The van der Waals surface area contributed by atoms with E-state index in [1.807, 2.05) is 13.8 Å². The summed E-state index contributed by atoms with van der Waals surface area (Å²) in [6.45, 7) is 7.29. The molecule has 186 valence electrons. The second kappa shape index (κ2) is 11.9. The van der Waals surface area contributed by atoms with Crippen molar-refractivity contribution in [1.29, 1.82) is 0 Å². The molecule has 7 nitrogen and oxygen atoms in total. The minimum Gasteiger partial charge on any atom is -0.354 e. The lowest BCUT2D eigenvalue weighted by Gasteiger charge is -2.32. The Balaban J connectivity index is 2.41. The second-order valence-electron chi connectivity index (χ2n) is 8.63. The molecule has 0 unspecified atom stereocenters. The lowest BCUT2D eigenvalue weighted by atomic mass is 10.1. The molecule has 2 aromatic carbocycles. The van der Waals surface area contributed by atoms with Crippen LogP contribution in [0.15, 0.2) is 42.5 Å². The fourth-order valence-corrected chi connectivity index (χ4v) is 4.67. The average Bonchev–Trinajstić information content (AvgIpc) is 2.74. The topological polar surface area (TPSA) is 86.8 Å². The number of hydrogen-bond donors (Lipinski definition) is 1.